The maximum Gasteiger partial charge on any atom is 0.407 e. The first-order valence-electron chi connectivity index (χ1n) is 11.8. The second kappa shape index (κ2) is 11.4. The molecule has 1 atom stereocenters. The molecule has 1 aliphatic carbocycles. The van der Waals surface area contributed by atoms with E-state index in [4.69, 9.17) is 9.47 Å². The lowest BCUT2D eigenvalue weighted by atomic mass is 9.98. The fourth-order valence-corrected chi connectivity index (χ4v) is 4.14. The van der Waals surface area contributed by atoms with Gasteiger partial charge in [0.1, 0.15) is 19.8 Å². The Balaban J connectivity index is 1.28. The standard InChI is InChI=1S/C29H28N2O6/c1-3-18(2)28(34)36-16-19-12-13-26(32)25(14-19)31-27(33)15-30-29(35)37-17-24-22-10-6-4-8-20(22)21-9-5-7-11-23(21)24/h3-14,18,24,32H,1,15-17H2,2H3,(H,30,35)(H,31,33)/p-1. The monoisotopic (exact) mass is 499 g/mol. The molecule has 190 valence electrons. The second-order valence-corrected chi connectivity index (χ2v) is 8.69. The maximum atomic E-state index is 12.3. The maximum absolute atomic E-state index is 12.3. The summed E-state index contributed by atoms with van der Waals surface area (Å²) in [5.41, 5.74) is 4.95. The Hall–Kier alpha value is -4.59. The largest absolute Gasteiger partial charge is 0.871 e. The van der Waals surface area contributed by atoms with E-state index >= 15 is 0 Å². The van der Waals surface area contributed by atoms with Crippen molar-refractivity contribution in [2.24, 2.45) is 5.92 Å². The molecular weight excluding hydrogens is 472 g/mol. The molecule has 4 rings (SSSR count). The van der Waals surface area contributed by atoms with Crippen LogP contribution in [0.2, 0.25) is 0 Å². The summed E-state index contributed by atoms with van der Waals surface area (Å²) in [4.78, 5) is 36.5. The van der Waals surface area contributed by atoms with Crippen LogP contribution in [0.3, 0.4) is 0 Å². The van der Waals surface area contributed by atoms with Crippen LogP contribution in [0.25, 0.3) is 11.1 Å². The number of hydrogen-bond donors (Lipinski definition) is 2. The van der Waals surface area contributed by atoms with Gasteiger partial charge in [0.05, 0.1) is 5.92 Å². The number of carbonyl (C=O) groups is 3. The highest BCUT2D eigenvalue weighted by Crippen LogP contribution is 2.44. The van der Waals surface area contributed by atoms with Gasteiger partial charge in [-0.1, -0.05) is 72.5 Å². The van der Waals surface area contributed by atoms with E-state index in [1.165, 1.54) is 24.3 Å². The summed E-state index contributed by atoms with van der Waals surface area (Å²) in [5.74, 6) is -2.01. The predicted octanol–water partition coefficient (Wildman–Crippen LogP) is 4.10. The first-order chi connectivity index (χ1) is 17.9. The Bertz CT molecular complexity index is 1290. The zero-order valence-corrected chi connectivity index (χ0v) is 20.4. The smallest absolute Gasteiger partial charge is 0.407 e. The van der Waals surface area contributed by atoms with Crippen molar-refractivity contribution in [3.63, 3.8) is 0 Å². The van der Waals surface area contributed by atoms with Crippen LogP contribution < -0.4 is 15.7 Å². The van der Waals surface area contributed by atoms with Gasteiger partial charge in [-0.2, -0.15) is 0 Å². The van der Waals surface area contributed by atoms with Crippen LogP contribution in [0, 0.1) is 5.92 Å². The summed E-state index contributed by atoms with van der Waals surface area (Å²) < 4.78 is 10.6. The van der Waals surface area contributed by atoms with Crippen molar-refractivity contribution in [2.45, 2.75) is 19.4 Å². The minimum atomic E-state index is -0.739. The molecule has 1 unspecified atom stereocenters. The molecule has 0 aliphatic heterocycles. The average molecular weight is 500 g/mol. The van der Waals surface area contributed by atoms with Crippen molar-refractivity contribution in [3.05, 3.63) is 96.1 Å². The highest BCUT2D eigenvalue weighted by Gasteiger charge is 2.29. The molecular formula is C29H27N2O6-. The summed E-state index contributed by atoms with van der Waals surface area (Å²) in [5, 5.41) is 17.0. The lowest BCUT2D eigenvalue weighted by molar-refractivity contribution is -0.267. The van der Waals surface area contributed by atoms with E-state index in [0.717, 1.165) is 22.3 Å². The Morgan fingerprint density at radius 1 is 1.00 bits per heavy atom. The van der Waals surface area contributed by atoms with Gasteiger partial charge in [0.15, 0.2) is 0 Å². The molecule has 0 heterocycles. The summed E-state index contributed by atoms with van der Waals surface area (Å²) in [6.07, 6.45) is 0.731. The SMILES string of the molecule is C=CC(C)C(=O)OCc1ccc([O-])c(NC(=O)CNC(=O)OCC2c3ccccc3-c3ccccc32)c1. The van der Waals surface area contributed by atoms with Gasteiger partial charge in [0.2, 0.25) is 5.91 Å². The van der Waals surface area contributed by atoms with Crippen molar-refractivity contribution in [3.8, 4) is 16.9 Å². The Morgan fingerprint density at radius 2 is 1.65 bits per heavy atom. The quantitative estimate of drug-likeness (QED) is 0.338. The third kappa shape index (κ3) is 5.98. The minimum Gasteiger partial charge on any atom is -0.871 e. The van der Waals surface area contributed by atoms with Crippen molar-refractivity contribution < 1.29 is 29.0 Å². The van der Waals surface area contributed by atoms with E-state index in [2.05, 4.69) is 17.2 Å². The molecule has 0 bridgehead atoms. The molecule has 3 aromatic carbocycles. The topological polar surface area (TPSA) is 117 Å². The zero-order valence-electron chi connectivity index (χ0n) is 20.4. The number of carbonyl (C=O) groups excluding carboxylic acids is 3. The van der Waals surface area contributed by atoms with Crippen molar-refractivity contribution >= 4 is 23.7 Å². The molecule has 0 aromatic heterocycles. The molecule has 0 fully saturated rings. The molecule has 0 radical (unpaired) electrons. The van der Waals surface area contributed by atoms with Gasteiger partial charge in [-0.05, 0) is 40.8 Å². The number of amides is 2. The van der Waals surface area contributed by atoms with Crippen LogP contribution >= 0.6 is 0 Å². The molecule has 2 amide bonds. The fourth-order valence-electron chi connectivity index (χ4n) is 4.14. The van der Waals surface area contributed by atoms with E-state index in [1.807, 2.05) is 48.5 Å². The molecule has 8 nitrogen and oxygen atoms in total. The van der Waals surface area contributed by atoms with Crippen LogP contribution in [-0.4, -0.2) is 31.1 Å². The summed E-state index contributed by atoms with van der Waals surface area (Å²) >= 11 is 0. The molecule has 2 N–H and O–H groups in total. The number of ether oxygens (including phenoxy) is 2. The van der Waals surface area contributed by atoms with Crippen LogP contribution in [-0.2, 0) is 25.7 Å². The van der Waals surface area contributed by atoms with Gasteiger partial charge in [-0.15, -0.1) is 6.58 Å². The molecule has 0 saturated carbocycles. The van der Waals surface area contributed by atoms with Gasteiger partial charge >= 0.3 is 12.1 Å². The molecule has 8 heteroatoms. The molecule has 0 spiro atoms. The highest BCUT2D eigenvalue weighted by atomic mass is 16.5. The van der Waals surface area contributed by atoms with E-state index in [9.17, 15) is 19.5 Å². The second-order valence-electron chi connectivity index (χ2n) is 8.69. The number of esters is 1. The number of hydrogen-bond acceptors (Lipinski definition) is 6. The first kappa shape index (κ1) is 25.5. The van der Waals surface area contributed by atoms with E-state index in [1.54, 1.807) is 6.92 Å². The fraction of sp³-hybridized carbons (Fsp3) is 0.207. The summed E-state index contributed by atoms with van der Waals surface area (Å²) in [6, 6.07) is 20.2. The number of benzene rings is 3. The molecule has 3 aromatic rings. The van der Waals surface area contributed by atoms with Gasteiger partial charge in [-0.3, -0.25) is 9.59 Å². The van der Waals surface area contributed by atoms with Crippen LogP contribution in [0.1, 0.15) is 29.5 Å². The van der Waals surface area contributed by atoms with E-state index in [-0.39, 0.29) is 31.4 Å². The van der Waals surface area contributed by atoms with E-state index in [0.29, 0.717) is 5.56 Å². The molecule has 1 aliphatic rings. The van der Waals surface area contributed by atoms with Crippen LogP contribution in [0.4, 0.5) is 10.5 Å². The normalized spacial score (nSPS) is 12.6. The number of fused-ring (bicyclic) bond motifs is 3. The zero-order chi connectivity index (χ0) is 26.4. The van der Waals surface area contributed by atoms with Crippen molar-refractivity contribution in [1.29, 1.82) is 0 Å². The third-order valence-corrected chi connectivity index (χ3v) is 6.16. The van der Waals surface area contributed by atoms with Gasteiger partial charge in [-0.25, -0.2) is 4.79 Å². The Kier molecular flexibility index (Phi) is 7.88. The van der Waals surface area contributed by atoms with Crippen molar-refractivity contribution in [2.75, 3.05) is 18.5 Å². The van der Waals surface area contributed by atoms with Gasteiger partial charge < -0.3 is 25.2 Å². The number of rotatable bonds is 9. The summed E-state index contributed by atoms with van der Waals surface area (Å²) in [6.45, 7) is 4.89. The summed E-state index contributed by atoms with van der Waals surface area (Å²) in [7, 11) is 0. The lowest BCUT2D eigenvalue weighted by Crippen LogP contribution is -2.34. The Labute approximate surface area is 214 Å². The number of anilines is 1. The van der Waals surface area contributed by atoms with Gasteiger partial charge in [0.25, 0.3) is 0 Å². The highest BCUT2D eigenvalue weighted by molar-refractivity contribution is 5.95. The van der Waals surface area contributed by atoms with Gasteiger partial charge in [0, 0.05) is 11.6 Å². The number of alkyl carbamates (subject to hydrolysis) is 1. The first-order valence-corrected chi connectivity index (χ1v) is 11.8. The minimum absolute atomic E-state index is 0.0182. The van der Waals surface area contributed by atoms with Crippen LogP contribution in [0.15, 0.2) is 79.4 Å². The lowest BCUT2D eigenvalue weighted by Gasteiger charge is -2.17. The van der Waals surface area contributed by atoms with Crippen molar-refractivity contribution in [1.82, 2.24) is 5.32 Å². The molecule has 37 heavy (non-hydrogen) atoms. The number of nitrogens with one attached hydrogen (secondary N) is 2. The predicted molar refractivity (Wildman–Crippen MR) is 137 cm³/mol. The molecule has 0 saturated heterocycles. The average Bonchev–Trinajstić information content (AvgIpc) is 3.24. The third-order valence-electron chi connectivity index (χ3n) is 6.16. The Morgan fingerprint density at radius 3 is 2.30 bits per heavy atom. The van der Waals surface area contributed by atoms with Crippen LogP contribution in [0.5, 0.6) is 5.75 Å². The van der Waals surface area contributed by atoms with E-state index < -0.39 is 29.6 Å².